The molecule has 0 radical (unpaired) electrons. The summed E-state index contributed by atoms with van der Waals surface area (Å²) in [4.78, 5) is 18.1. The zero-order valence-electron chi connectivity index (χ0n) is 11.7. The van der Waals surface area contributed by atoms with Crippen molar-refractivity contribution in [2.24, 2.45) is 0 Å². The summed E-state index contributed by atoms with van der Waals surface area (Å²) in [6, 6.07) is 10.2. The van der Waals surface area contributed by atoms with Crippen LogP contribution in [0.15, 0.2) is 48.8 Å². The zero-order chi connectivity index (χ0) is 14.7. The normalized spacial score (nSPS) is 16.0. The number of carbonyl (C=O) groups excluding carboxylic acids is 1. The van der Waals surface area contributed by atoms with Crippen LogP contribution >= 0.6 is 0 Å². The first-order chi connectivity index (χ1) is 10.3. The fraction of sp³-hybridized carbons (Fsp3) is 0.294. The Morgan fingerprint density at radius 2 is 1.76 bits per heavy atom. The van der Waals surface area contributed by atoms with Crippen LogP contribution in [-0.4, -0.2) is 28.9 Å². The highest BCUT2D eigenvalue weighted by molar-refractivity contribution is 5.94. The molecule has 1 aliphatic heterocycles. The molecular formula is C17H17FN2O. The molecule has 0 aliphatic carbocycles. The van der Waals surface area contributed by atoms with E-state index in [1.165, 1.54) is 11.6 Å². The van der Waals surface area contributed by atoms with Crippen molar-refractivity contribution in [1.29, 1.82) is 0 Å². The molecule has 0 unspecified atom stereocenters. The number of benzene rings is 1. The lowest BCUT2D eigenvalue weighted by molar-refractivity contribution is 0.0708. The Labute approximate surface area is 123 Å². The van der Waals surface area contributed by atoms with Crippen LogP contribution in [0.4, 0.5) is 4.39 Å². The van der Waals surface area contributed by atoms with E-state index in [0.717, 1.165) is 12.8 Å². The average molecular weight is 284 g/mol. The molecule has 1 amide bonds. The molecule has 4 heteroatoms. The van der Waals surface area contributed by atoms with Gasteiger partial charge >= 0.3 is 0 Å². The van der Waals surface area contributed by atoms with Crippen LogP contribution in [0.1, 0.15) is 34.7 Å². The second kappa shape index (κ2) is 6.04. The molecule has 0 atom stereocenters. The smallest absolute Gasteiger partial charge is 0.256 e. The topological polar surface area (TPSA) is 33.2 Å². The van der Waals surface area contributed by atoms with Crippen molar-refractivity contribution < 1.29 is 9.18 Å². The van der Waals surface area contributed by atoms with Gasteiger partial charge in [-0.25, -0.2) is 4.39 Å². The Kier molecular flexibility index (Phi) is 3.95. The lowest BCUT2D eigenvalue weighted by atomic mass is 9.90. The Morgan fingerprint density at radius 1 is 1.10 bits per heavy atom. The Morgan fingerprint density at radius 3 is 2.43 bits per heavy atom. The molecule has 2 heterocycles. The van der Waals surface area contributed by atoms with Crippen LogP contribution in [0.2, 0.25) is 0 Å². The van der Waals surface area contributed by atoms with E-state index in [4.69, 9.17) is 0 Å². The number of carbonyl (C=O) groups is 1. The van der Waals surface area contributed by atoms with Crippen molar-refractivity contribution >= 4 is 5.91 Å². The average Bonchev–Trinajstić information content (AvgIpc) is 2.56. The predicted octanol–water partition coefficient (Wildman–Crippen LogP) is 3.24. The molecule has 0 saturated carbocycles. The molecule has 1 aromatic heterocycles. The molecular weight excluding hydrogens is 267 g/mol. The molecule has 0 spiro atoms. The number of hydrogen-bond acceptors (Lipinski definition) is 2. The number of rotatable bonds is 2. The van der Waals surface area contributed by atoms with Gasteiger partial charge in [0.2, 0.25) is 0 Å². The quantitative estimate of drug-likeness (QED) is 0.848. The van der Waals surface area contributed by atoms with Gasteiger partial charge in [0.05, 0.1) is 5.56 Å². The van der Waals surface area contributed by atoms with Crippen molar-refractivity contribution in [2.45, 2.75) is 18.8 Å². The maximum Gasteiger partial charge on any atom is 0.256 e. The van der Waals surface area contributed by atoms with Crippen molar-refractivity contribution in [3.63, 3.8) is 0 Å². The van der Waals surface area contributed by atoms with Crippen LogP contribution in [0, 0.1) is 5.82 Å². The second-order valence-electron chi connectivity index (χ2n) is 5.33. The number of hydrogen-bond donors (Lipinski definition) is 0. The first-order valence-electron chi connectivity index (χ1n) is 7.19. The van der Waals surface area contributed by atoms with E-state index >= 15 is 0 Å². The summed E-state index contributed by atoms with van der Waals surface area (Å²) in [7, 11) is 0. The highest BCUT2D eigenvalue weighted by Crippen LogP contribution is 2.28. The van der Waals surface area contributed by atoms with Gasteiger partial charge < -0.3 is 4.90 Å². The summed E-state index contributed by atoms with van der Waals surface area (Å²) in [6.45, 7) is 1.33. The minimum Gasteiger partial charge on any atom is -0.339 e. The maximum absolute atomic E-state index is 13.7. The number of likely N-dealkylation sites (tertiary alicyclic amines) is 1. The number of nitrogens with zero attached hydrogens (tertiary/aromatic N) is 2. The summed E-state index contributed by atoms with van der Waals surface area (Å²) < 4.78 is 13.7. The molecule has 21 heavy (non-hydrogen) atoms. The molecule has 1 aromatic carbocycles. The van der Waals surface area contributed by atoms with Gasteiger partial charge in [-0.1, -0.05) is 12.1 Å². The third-order valence-electron chi connectivity index (χ3n) is 4.06. The van der Waals surface area contributed by atoms with Gasteiger partial charge in [-0.2, -0.15) is 0 Å². The highest BCUT2D eigenvalue weighted by atomic mass is 19.1. The first kappa shape index (κ1) is 13.7. The number of aromatic nitrogens is 1. The Balaban J connectivity index is 1.66. The van der Waals surface area contributed by atoms with E-state index in [1.807, 2.05) is 12.1 Å². The largest absolute Gasteiger partial charge is 0.339 e. The lowest BCUT2D eigenvalue weighted by Crippen LogP contribution is -2.38. The standard InChI is InChI=1S/C17H17FN2O/c18-16-4-2-1-3-15(16)17(21)20-11-7-14(8-12-20)13-5-9-19-10-6-13/h1-6,9-10,14H,7-8,11-12H2. The summed E-state index contributed by atoms with van der Waals surface area (Å²) in [5.74, 6) is -0.197. The SMILES string of the molecule is O=C(c1ccccc1F)N1CCC(c2ccncc2)CC1. The van der Waals surface area contributed by atoms with E-state index in [1.54, 1.807) is 35.5 Å². The van der Waals surface area contributed by atoms with E-state index in [9.17, 15) is 9.18 Å². The van der Waals surface area contributed by atoms with Crippen LogP contribution in [0.5, 0.6) is 0 Å². The van der Waals surface area contributed by atoms with Gasteiger partial charge in [-0.05, 0) is 48.6 Å². The van der Waals surface area contributed by atoms with Gasteiger partial charge in [0.1, 0.15) is 5.82 Å². The molecule has 2 aromatic rings. The van der Waals surface area contributed by atoms with E-state index in [-0.39, 0.29) is 11.5 Å². The highest BCUT2D eigenvalue weighted by Gasteiger charge is 2.25. The van der Waals surface area contributed by atoms with Gasteiger partial charge in [0.15, 0.2) is 0 Å². The first-order valence-corrected chi connectivity index (χ1v) is 7.19. The molecule has 3 nitrogen and oxygen atoms in total. The molecule has 3 rings (SSSR count). The van der Waals surface area contributed by atoms with Crippen LogP contribution in [0.3, 0.4) is 0 Å². The van der Waals surface area contributed by atoms with Crippen molar-refractivity contribution in [3.8, 4) is 0 Å². The van der Waals surface area contributed by atoms with E-state index in [2.05, 4.69) is 4.98 Å². The minimum atomic E-state index is -0.446. The summed E-state index contributed by atoms with van der Waals surface area (Å²) in [5.41, 5.74) is 1.43. The van der Waals surface area contributed by atoms with E-state index in [0.29, 0.717) is 19.0 Å². The number of halogens is 1. The molecule has 1 saturated heterocycles. The van der Waals surface area contributed by atoms with Gasteiger partial charge in [-0.15, -0.1) is 0 Å². The third-order valence-corrected chi connectivity index (χ3v) is 4.06. The summed E-state index contributed by atoms with van der Waals surface area (Å²) in [5, 5.41) is 0. The Hall–Kier alpha value is -2.23. The molecule has 108 valence electrons. The van der Waals surface area contributed by atoms with Crippen LogP contribution in [0.25, 0.3) is 0 Å². The van der Waals surface area contributed by atoms with Crippen LogP contribution < -0.4 is 0 Å². The monoisotopic (exact) mass is 284 g/mol. The fourth-order valence-corrected chi connectivity index (χ4v) is 2.86. The van der Waals surface area contributed by atoms with E-state index < -0.39 is 5.82 Å². The fourth-order valence-electron chi connectivity index (χ4n) is 2.86. The third kappa shape index (κ3) is 2.94. The lowest BCUT2D eigenvalue weighted by Gasteiger charge is -2.32. The van der Waals surface area contributed by atoms with Gasteiger partial charge in [0.25, 0.3) is 5.91 Å². The number of pyridine rings is 1. The van der Waals surface area contributed by atoms with Gasteiger partial charge in [0, 0.05) is 25.5 Å². The molecule has 0 bridgehead atoms. The summed E-state index contributed by atoms with van der Waals surface area (Å²) >= 11 is 0. The second-order valence-corrected chi connectivity index (χ2v) is 5.33. The number of piperidine rings is 1. The van der Waals surface area contributed by atoms with Crippen molar-refractivity contribution in [3.05, 3.63) is 65.7 Å². The van der Waals surface area contributed by atoms with Crippen molar-refractivity contribution in [2.75, 3.05) is 13.1 Å². The molecule has 0 N–H and O–H groups in total. The zero-order valence-corrected chi connectivity index (χ0v) is 11.7. The maximum atomic E-state index is 13.7. The van der Waals surface area contributed by atoms with Crippen LogP contribution in [-0.2, 0) is 0 Å². The van der Waals surface area contributed by atoms with Gasteiger partial charge in [-0.3, -0.25) is 9.78 Å². The Bertz CT molecular complexity index is 622. The molecule has 1 aliphatic rings. The predicted molar refractivity (Wildman–Crippen MR) is 78.5 cm³/mol. The summed E-state index contributed by atoms with van der Waals surface area (Å²) in [6.07, 6.45) is 5.41. The number of amides is 1. The molecule has 1 fully saturated rings. The minimum absolute atomic E-state index is 0.167. The van der Waals surface area contributed by atoms with Crippen molar-refractivity contribution in [1.82, 2.24) is 9.88 Å².